The maximum Gasteiger partial charge on any atom is -0.0134 e. The van der Waals surface area contributed by atoms with Crippen LogP contribution in [0.2, 0.25) is 0 Å². The molecular formula is C36H33KP2Ru. The van der Waals surface area contributed by atoms with Crippen LogP contribution in [0.1, 0.15) is 0 Å². The van der Waals surface area contributed by atoms with E-state index in [2.05, 4.69) is 182 Å². The number of benzene rings is 6. The van der Waals surface area contributed by atoms with Crippen molar-refractivity contribution in [1.82, 2.24) is 0 Å². The molecule has 0 unspecified atom stereocenters. The Morgan fingerprint density at radius 3 is 0.475 bits per heavy atom. The van der Waals surface area contributed by atoms with Gasteiger partial charge >= 0.3 is 19.5 Å². The van der Waals surface area contributed by atoms with Gasteiger partial charge in [0.15, 0.2) is 0 Å². The predicted molar refractivity (Wildman–Crippen MR) is 180 cm³/mol. The third-order valence-corrected chi connectivity index (χ3v) is 11.0. The summed E-state index contributed by atoms with van der Waals surface area (Å²) in [7, 11) is -0.892. The van der Waals surface area contributed by atoms with Gasteiger partial charge in [-0.2, -0.15) is 0 Å². The zero-order valence-corrected chi connectivity index (χ0v) is 29.8. The van der Waals surface area contributed by atoms with Crippen molar-refractivity contribution in [2.45, 2.75) is 0 Å². The van der Waals surface area contributed by atoms with Gasteiger partial charge in [0.1, 0.15) is 0 Å². The third kappa shape index (κ3) is 9.22. The van der Waals surface area contributed by atoms with Crippen LogP contribution in [0.5, 0.6) is 0 Å². The van der Waals surface area contributed by atoms with Crippen LogP contribution >= 0.6 is 15.8 Å². The van der Waals surface area contributed by atoms with Crippen LogP contribution in [0.25, 0.3) is 0 Å². The van der Waals surface area contributed by atoms with Gasteiger partial charge in [-0.25, -0.2) is 0 Å². The summed E-state index contributed by atoms with van der Waals surface area (Å²) in [6, 6.07) is 64.7. The van der Waals surface area contributed by atoms with E-state index in [4.69, 9.17) is 0 Å². The minimum atomic E-state index is -0.446. The third-order valence-electron chi connectivity index (χ3n) is 6.09. The smallest absolute Gasteiger partial charge is 0.0134 e. The van der Waals surface area contributed by atoms with Gasteiger partial charge in [-0.1, -0.05) is 182 Å². The molecule has 0 nitrogen and oxygen atoms in total. The minimum absolute atomic E-state index is 0. The molecule has 0 spiro atoms. The summed E-state index contributed by atoms with van der Waals surface area (Å²) >= 11 is 0. The minimum Gasteiger partial charge on any atom is -0.0622 e. The van der Waals surface area contributed by atoms with Gasteiger partial charge in [-0.05, 0) is 47.7 Å². The molecule has 196 valence electrons. The molecule has 4 heteroatoms. The Morgan fingerprint density at radius 2 is 0.350 bits per heavy atom. The Morgan fingerprint density at radius 1 is 0.225 bits per heavy atom. The zero-order valence-electron chi connectivity index (χ0n) is 22.7. The molecule has 0 N–H and O–H groups in total. The molecule has 6 aromatic rings. The van der Waals surface area contributed by atoms with Crippen molar-refractivity contribution >= 4 is 99.1 Å². The van der Waals surface area contributed by atoms with Crippen molar-refractivity contribution in [3.8, 4) is 0 Å². The molecule has 0 bridgehead atoms. The van der Waals surface area contributed by atoms with Crippen LogP contribution < -0.4 is 31.8 Å². The van der Waals surface area contributed by atoms with E-state index in [9.17, 15) is 0 Å². The summed E-state index contributed by atoms with van der Waals surface area (Å²) < 4.78 is 0. The Kier molecular flexibility index (Phi) is 14.9. The second-order valence-electron chi connectivity index (χ2n) is 8.68. The van der Waals surface area contributed by atoms with Crippen molar-refractivity contribution in [2.24, 2.45) is 0 Å². The predicted octanol–water partition coefficient (Wildman–Crippen LogP) is 5.70. The second-order valence-corrected chi connectivity index (χ2v) is 13.1. The summed E-state index contributed by atoms with van der Waals surface area (Å²) in [6.07, 6.45) is 0. The normalized spacial score (nSPS) is 10.1. The molecule has 0 saturated carbocycles. The van der Waals surface area contributed by atoms with Crippen LogP contribution in [-0.4, -0.2) is 51.4 Å². The van der Waals surface area contributed by atoms with Gasteiger partial charge in [0.2, 0.25) is 0 Å². The fraction of sp³-hybridized carbons (Fsp3) is 0. The van der Waals surface area contributed by atoms with Crippen molar-refractivity contribution in [2.75, 3.05) is 0 Å². The van der Waals surface area contributed by atoms with Crippen LogP contribution in [0.4, 0.5) is 0 Å². The standard InChI is InChI=1S/2C18H15P.K.Ru.3H/c2*1-4-10-16(11-5-1)19(17-12-6-2-7-13-17)18-14-8-3-9-15-18;;;;;/h2*1-15H;;;;;. The Bertz CT molecular complexity index is 1180. The van der Waals surface area contributed by atoms with Gasteiger partial charge in [0.25, 0.3) is 0 Å². The summed E-state index contributed by atoms with van der Waals surface area (Å²) in [5.74, 6) is 0. The van der Waals surface area contributed by atoms with Crippen LogP contribution in [0.3, 0.4) is 0 Å². The SMILES string of the molecule is [K].[RuH3].c1ccc(P(c2ccccc2)c2ccccc2)cc1.c1ccc(P(c2ccccc2)c2ccccc2)cc1. The van der Waals surface area contributed by atoms with Crippen LogP contribution in [-0.2, 0) is 19.5 Å². The molecule has 40 heavy (non-hydrogen) atoms. The van der Waals surface area contributed by atoms with E-state index in [1.165, 1.54) is 31.8 Å². The first kappa shape index (κ1) is 32.9. The van der Waals surface area contributed by atoms with E-state index in [1.54, 1.807) is 0 Å². The first-order chi connectivity index (χ1) is 18.9. The molecule has 6 rings (SSSR count). The molecule has 0 aromatic heterocycles. The van der Waals surface area contributed by atoms with Crippen molar-refractivity contribution in [3.05, 3.63) is 182 Å². The van der Waals surface area contributed by atoms with Crippen molar-refractivity contribution < 1.29 is 19.5 Å². The van der Waals surface area contributed by atoms with Crippen molar-refractivity contribution in [3.63, 3.8) is 0 Å². The molecule has 0 heterocycles. The summed E-state index contributed by atoms with van der Waals surface area (Å²) in [5.41, 5.74) is 0. The van der Waals surface area contributed by atoms with E-state index < -0.39 is 15.8 Å². The maximum absolute atomic E-state index is 2.23. The molecule has 0 aliphatic carbocycles. The zero-order chi connectivity index (χ0) is 25.8. The second kappa shape index (κ2) is 18.1. The molecule has 6 aromatic carbocycles. The maximum atomic E-state index is 2.23. The molecule has 0 atom stereocenters. The molecule has 0 saturated heterocycles. The van der Waals surface area contributed by atoms with E-state index in [1.807, 2.05) is 0 Å². The summed E-state index contributed by atoms with van der Waals surface area (Å²) in [6.45, 7) is 0. The number of hydrogen-bond acceptors (Lipinski definition) is 0. The first-order valence-electron chi connectivity index (χ1n) is 12.8. The number of hydrogen-bond donors (Lipinski definition) is 0. The molecule has 1 radical (unpaired) electrons. The Labute approximate surface area is 297 Å². The first-order valence-corrected chi connectivity index (χ1v) is 15.5. The number of rotatable bonds is 6. The van der Waals surface area contributed by atoms with Crippen LogP contribution in [0, 0.1) is 0 Å². The average molecular weight is 668 g/mol. The quantitative estimate of drug-likeness (QED) is 0.158. The molecular weight excluding hydrogens is 635 g/mol. The summed E-state index contributed by atoms with van der Waals surface area (Å²) in [4.78, 5) is 0. The Balaban J connectivity index is 0.000000210. The molecule has 0 aliphatic heterocycles. The van der Waals surface area contributed by atoms with Gasteiger partial charge in [-0.3, -0.25) is 0 Å². The Hall–Kier alpha value is -1.56. The molecule has 0 aliphatic rings. The fourth-order valence-corrected chi connectivity index (χ4v) is 8.97. The molecule has 0 fully saturated rings. The van der Waals surface area contributed by atoms with Gasteiger partial charge in [0.05, 0.1) is 0 Å². The monoisotopic (exact) mass is 668 g/mol. The van der Waals surface area contributed by atoms with E-state index in [0.717, 1.165) is 0 Å². The van der Waals surface area contributed by atoms with Gasteiger partial charge in [-0.15, -0.1) is 0 Å². The largest absolute Gasteiger partial charge is 0.0622 e. The van der Waals surface area contributed by atoms with E-state index in [0.29, 0.717) is 0 Å². The summed E-state index contributed by atoms with van der Waals surface area (Å²) in [5, 5.41) is 8.39. The van der Waals surface area contributed by atoms with Gasteiger partial charge in [0, 0.05) is 51.4 Å². The average Bonchev–Trinajstić information content (AvgIpc) is 3.01. The fourth-order valence-electron chi connectivity index (χ4n) is 4.36. The van der Waals surface area contributed by atoms with Crippen LogP contribution in [0.15, 0.2) is 182 Å². The van der Waals surface area contributed by atoms with Crippen molar-refractivity contribution in [1.29, 1.82) is 0 Å². The van der Waals surface area contributed by atoms with E-state index in [-0.39, 0.29) is 70.9 Å². The molecule has 0 amide bonds. The van der Waals surface area contributed by atoms with E-state index >= 15 is 0 Å². The van der Waals surface area contributed by atoms with Gasteiger partial charge < -0.3 is 0 Å². The topological polar surface area (TPSA) is 0 Å².